The molecule has 1 aromatic rings. The first kappa shape index (κ1) is 12.6. The van der Waals surface area contributed by atoms with Crippen molar-refractivity contribution in [2.75, 3.05) is 11.1 Å². The van der Waals surface area contributed by atoms with E-state index in [4.69, 9.17) is 17.3 Å². The first-order valence-electron chi connectivity index (χ1n) is 6.58. The molecule has 3 N–H and O–H groups in total. The number of rotatable bonds is 2. The molecule has 1 saturated carbocycles. The molecule has 1 aliphatic rings. The fraction of sp³-hybridized carbons (Fsp3) is 0.571. The van der Waals surface area contributed by atoms with Crippen molar-refractivity contribution in [3.8, 4) is 0 Å². The third kappa shape index (κ3) is 3.53. The van der Waals surface area contributed by atoms with Crippen LogP contribution in [0.25, 0.3) is 0 Å². The van der Waals surface area contributed by atoms with Crippen LogP contribution in [0.15, 0.2) is 18.2 Å². The summed E-state index contributed by atoms with van der Waals surface area (Å²) in [7, 11) is 0. The van der Waals surface area contributed by atoms with Crippen LogP contribution in [-0.2, 0) is 0 Å². The van der Waals surface area contributed by atoms with E-state index in [1.807, 2.05) is 18.2 Å². The molecule has 2 rings (SSSR count). The summed E-state index contributed by atoms with van der Waals surface area (Å²) in [5.74, 6) is 0. The third-order valence-electron chi connectivity index (χ3n) is 3.50. The molecule has 0 unspecified atom stereocenters. The molecule has 1 fully saturated rings. The summed E-state index contributed by atoms with van der Waals surface area (Å²) in [6, 6.07) is 6.21. The van der Waals surface area contributed by atoms with Gasteiger partial charge in [0, 0.05) is 6.04 Å². The number of anilines is 2. The van der Waals surface area contributed by atoms with E-state index in [0.717, 1.165) is 16.4 Å². The Morgan fingerprint density at radius 1 is 1.06 bits per heavy atom. The van der Waals surface area contributed by atoms with Gasteiger partial charge in [0.1, 0.15) is 0 Å². The van der Waals surface area contributed by atoms with E-state index in [-0.39, 0.29) is 0 Å². The number of halogens is 1. The zero-order valence-electron chi connectivity index (χ0n) is 10.2. The molecule has 0 radical (unpaired) electrons. The first-order valence-corrected chi connectivity index (χ1v) is 6.95. The van der Waals surface area contributed by atoms with Crippen LogP contribution in [0.4, 0.5) is 11.4 Å². The van der Waals surface area contributed by atoms with Crippen LogP contribution in [0.2, 0.25) is 5.02 Å². The van der Waals surface area contributed by atoms with Crippen molar-refractivity contribution in [2.24, 2.45) is 0 Å². The Morgan fingerprint density at radius 3 is 2.35 bits per heavy atom. The maximum Gasteiger partial charge on any atom is 0.0765 e. The van der Waals surface area contributed by atoms with Gasteiger partial charge in [0.15, 0.2) is 0 Å². The van der Waals surface area contributed by atoms with Gasteiger partial charge in [-0.2, -0.15) is 0 Å². The van der Waals surface area contributed by atoms with E-state index in [9.17, 15) is 0 Å². The highest BCUT2D eigenvalue weighted by molar-refractivity contribution is 6.33. The predicted molar refractivity (Wildman–Crippen MR) is 75.6 cm³/mol. The van der Waals surface area contributed by atoms with Gasteiger partial charge < -0.3 is 11.1 Å². The molecule has 0 aliphatic heterocycles. The van der Waals surface area contributed by atoms with Gasteiger partial charge in [-0.25, -0.2) is 0 Å². The number of nitrogen functional groups attached to an aromatic ring is 1. The second kappa shape index (κ2) is 6.15. The Bertz CT molecular complexity index is 337. The molecule has 0 amide bonds. The predicted octanol–water partition coefficient (Wildman–Crippen LogP) is 4.45. The molecular formula is C14H21ClN2. The van der Waals surface area contributed by atoms with Gasteiger partial charge in [-0.1, -0.05) is 49.8 Å². The largest absolute Gasteiger partial charge is 0.397 e. The molecule has 2 nitrogen and oxygen atoms in total. The van der Waals surface area contributed by atoms with Crippen molar-refractivity contribution in [3.63, 3.8) is 0 Å². The lowest BCUT2D eigenvalue weighted by Crippen LogP contribution is -2.21. The van der Waals surface area contributed by atoms with Crippen molar-refractivity contribution in [1.82, 2.24) is 0 Å². The molecule has 0 saturated heterocycles. The highest BCUT2D eigenvalue weighted by Gasteiger charge is 2.13. The van der Waals surface area contributed by atoms with Crippen molar-refractivity contribution in [3.05, 3.63) is 23.2 Å². The average molecular weight is 253 g/mol. The Hall–Kier alpha value is -0.890. The zero-order valence-corrected chi connectivity index (χ0v) is 11.0. The van der Waals surface area contributed by atoms with Crippen LogP contribution in [-0.4, -0.2) is 6.04 Å². The highest BCUT2D eigenvalue weighted by atomic mass is 35.5. The molecule has 1 aromatic carbocycles. The number of hydrogen-bond acceptors (Lipinski definition) is 2. The number of benzene rings is 1. The Balaban J connectivity index is 2.03. The Kier molecular flexibility index (Phi) is 4.55. The van der Waals surface area contributed by atoms with E-state index in [1.54, 1.807) is 0 Å². The van der Waals surface area contributed by atoms with Gasteiger partial charge in [-0.3, -0.25) is 0 Å². The molecular weight excluding hydrogens is 232 g/mol. The number of nitrogens with two attached hydrogens (primary N) is 1. The van der Waals surface area contributed by atoms with Crippen LogP contribution in [0, 0.1) is 0 Å². The lowest BCUT2D eigenvalue weighted by molar-refractivity contribution is 0.471. The Morgan fingerprint density at radius 2 is 1.71 bits per heavy atom. The molecule has 0 atom stereocenters. The van der Waals surface area contributed by atoms with Gasteiger partial charge in [-0.15, -0.1) is 0 Å². The van der Waals surface area contributed by atoms with Crippen LogP contribution in [0.3, 0.4) is 0 Å². The molecule has 0 heterocycles. The zero-order chi connectivity index (χ0) is 12.1. The summed E-state index contributed by atoms with van der Waals surface area (Å²) >= 11 is 6.18. The SMILES string of the molecule is Nc1cccc(Cl)c1NC1CCCCCCC1. The molecule has 0 spiro atoms. The van der Waals surface area contributed by atoms with Crippen LogP contribution >= 0.6 is 11.6 Å². The molecule has 0 bridgehead atoms. The third-order valence-corrected chi connectivity index (χ3v) is 3.81. The van der Waals surface area contributed by atoms with Crippen LogP contribution in [0.1, 0.15) is 44.9 Å². The van der Waals surface area contributed by atoms with Crippen molar-refractivity contribution in [1.29, 1.82) is 0 Å². The smallest absolute Gasteiger partial charge is 0.0765 e. The van der Waals surface area contributed by atoms with Crippen molar-refractivity contribution in [2.45, 2.75) is 51.0 Å². The number of nitrogens with one attached hydrogen (secondary N) is 1. The summed E-state index contributed by atoms with van der Waals surface area (Å²) in [5.41, 5.74) is 7.63. The summed E-state index contributed by atoms with van der Waals surface area (Å²) < 4.78 is 0. The lowest BCUT2D eigenvalue weighted by atomic mass is 9.96. The van der Waals surface area contributed by atoms with E-state index in [2.05, 4.69) is 5.32 Å². The quantitative estimate of drug-likeness (QED) is 0.764. The normalized spacial score (nSPS) is 18.4. The van der Waals surface area contributed by atoms with Crippen LogP contribution in [0.5, 0.6) is 0 Å². The van der Waals surface area contributed by atoms with E-state index >= 15 is 0 Å². The van der Waals surface area contributed by atoms with Crippen molar-refractivity contribution < 1.29 is 0 Å². The van der Waals surface area contributed by atoms with Gasteiger partial charge in [0.2, 0.25) is 0 Å². The maximum absolute atomic E-state index is 6.18. The van der Waals surface area contributed by atoms with E-state index in [0.29, 0.717) is 6.04 Å². The fourth-order valence-corrected chi connectivity index (χ4v) is 2.73. The lowest BCUT2D eigenvalue weighted by Gasteiger charge is -2.23. The highest BCUT2D eigenvalue weighted by Crippen LogP contribution is 2.30. The molecule has 1 aliphatic carbocycles. The number of para-hydroxylation sites is 1. The van der Waals surface area contributed by atoms with Gasteiger partial charge >= 0.3 is 0 Å². The summed E-state index contributed by atoms with van der Waals surface area (Å²) in [6.45, 7) is 0. The molecule has 17 heavy (non-hydrogen) atoms. The molecule has 0 aromatic heterocycles. The first-order chi connectivity index (χ1) is 8.27. The second-order valence-electron chi connectivity index (χ2n) is 4.89. The minimum absolute atomic E-state index is 0.525. The summed E-state index contributed by atoms with van der Waals surface area (Å²) in [5, 5.41) is 4.26. The van der Waals surface area contributed by atoms with Crippen molar-refractivity contribution >= 4 is 23.0 Å². The summed E-state index contributed by atoms with van der Waals surface area (Å²) in [4.78, 5) is 0. The molecule has 3 heteroatoms. The Labute approximate surface area is 109 Å². The standard InChI is InChI=1S/C14H21ClN2/c15-12-9-6-10-13(16)14(12)17-11-7-4-2-1-3-5-8-11/h6,9-11,17H,1-5,7-8,16H2. The monoisotopic (exact) mass is 252 g/mol. The van der Waals surface area contributed by atoms with Crippen LogP contribution < -0.4 is 11.1 Å². The maximum atomic E-state index is 6.18. The fourth-order valence-electron chi connectivity index (χ4n) is 2.50. The van der Waals surface area contributed by atoms with Gasteiger partial charge in [0.25, 0.3) is 0 Å². The summed E-state index contributed by atoms with van der Waals surface area (Å²) in [6.07, 6.45) is 9.17. The minimum Gasteiger partial charge on any atom is -0.397 e. The topological polar surface area (TPSA) is 38.0 Å². The average Bonchev–Trinajstić information content (AvgIpc) is 2.26. The van der Waals surface area contributed by atoms with E-state index < -0.39 is 0 Å². The minimum atomic E-state index is 0.525. The number of hydrogen-bond donors (Lipinski definition) is 2. The second-order valence-corrected chi connectivity index (χ2v) is 5.30. The van der Waals surface area contributed by atoms with Gasteiger partial charge in [0.05, 0.1) is 16.4 Å². The van der Waals surface area contributed by atoms with E-state index in [1.165, 1.54) is 44.9 Å². The molecule has 94 valence electrons. The van der Waals surface area contributed by atoms with Gasteiger partial charge in [-0.05, 0) is 25.0 Å².